The minimum atomic E-state index is 0.569. The Morgan fingerprint density at radius 2 is 1.92 bits per heavy atom. The lowest BCUT2D eigenvalue weighted by Crippen LogP contribution is -1.99. The van der Waals surface area contributed by atoms with Crippen molar-refractivity contribution in [3.63, 3.8) is 0 Å². The summed E-state index contributed by atoms with van der Waals surface area (Å²) in [6.45, 7) is 0. The van der Waals surface area contributed by atoms with E-state index in [1.807, 2.05) is 48.1 Å². The first-order valence-electron chi connectivity index (χ1n) is 8.34. The van der Waals surface area contributed by atoms with E-state index in [0.29, 0.717) is 17.3 Å². The smallest absolute Gasteiger partial charge is 0.218 e. The van der Waals surface area contributed by atoms with Crippen molar-refractivity contribution in [2.75, 3.05) is 7.11 Å². The van der Waals surface area contributed by atoms with Gasteiger partial charge < -0.3 is 9.30 Å². The summed E-state index contributed by atoms with van der Waals surface area (Å²) in [4.78, 5) is 8.86. The molecule has 4 rings (SSSR count). The number of nitrogens with zero attached hydrogens (tertiary/aromatic N) is 3. The molecule has 0 N–H and O–H groups in total. The number of imidazole rings is 1. The third kappa shape index (κ3) is 2.93. The molecule has 2 aromatic heterocycles. The van der Waals surface area contributed by atoms with Crippen molar-refractivity contribution in [1.29, 1.82) is 0 Å². The van der Waals surface area contributed by atoms with Crippen molar-refractivity contribution in [1.82, 2.24) is 14.5 Å². The van der Waals surface area contributed by atoms with Crippen LogP contribution in [0.2, 0.25) is 5.02 Å². The highest BCUT2D eigenvalue weighted by Crippen LogP contribution is 2.35. The molecule has 26 heavy (non-hydrogen) atoms. The van der Waals surface area contributed by atoms with Crippen LogP contribution in [0.3, 0.4) is 0 Å². The minimum absolute atomic E-state index is 0.569. The van der Waals surface area contributed by atoms with Gasteiger partial charge in [0, 0.05) is 30.0 Å². The molecule has 130 valence electrons. The number of pyridine rings is 1. The van der Waals surface area contributed by atoms with Crippen LogP contribution >= 0.6 is 11.6 Å². The standard InChI is InChI=1S/C21H18ClN3O/c1-25-13-23-12-19(25)15-8-9-18-16(11-15)20(22)17(21(24-18)26-2)10-14-6-4-3-5-7-14/h3-9,11-13H,10H2,1-2H3. The number of hydrogen-bond acceptors (Lipinski definition) is 3. The lowest BCUT2D eigenvalue weighted by Gasteiger charge is -2.13. The molecule has 0 bridgehead atoms. The molecule has 4 aromatic rings. The van der Waals surface area contributed by atoms with Gasteiger partial charge in [-0.1, -0.05) is 48.0 Å². The van der Waals surface area contributed by atoms with Gasteiger partial charge in [-0.15, -0.1) is 0 Å². The molecule has 0 aliphatic heterocycles. The molecular weight excluding hydrogens is 346 g/mol. The second-order valence-corrected chi connectivity index (χ2v) is 6.58. The first-order chi connectivity index (χ1) is 12.7. The van der Waals surface area contributed by atoms with E-state index in [1.54, 1.807) is 13.4 Å². The minimum Gasteiger partial charge on any atom is -0.481 e. The van der Waals surface area contributed by atoms with Gasteiger partial charge in [0.15, 0.2) is 0 Å². The average molecular weight is 364 g/mol. The second kappa shape index (κ2) is 6.81. The topological polar surface area (TPSA) is 39.9 Å². The molecule has 5 heteroatoms. The molecule has 0 amide bonds. The number of benzene rings is 2. The second-order valence-electron chi connectivity index (χ2n) is 6.20. The highest BCUT2D eigenvalue weighted by Gasteiger charge is 2.16. The summed E-state index contributed by atoms with van der Waals surface area (Å²) in [6.07, 6.45) is 4.30. The number of ether oxygens (including phenoxy) is 1. The zero-order chi connectivity index (χ0) is 18.1. The van der Waals surface area contributed by atoms with Crippen LogP contribution in [0.1, 0.15) is 11.1 Å². The maximum atomic E-state index is 6.81. The molecule has 0 fully saturated rings. The summed E-state index contributed by atoms with van der Waals surface area (Å²) in [5.74, 6) is 0.569. The molecule has 4 nitrogen and oxygen atoms in total. The number of hydrogen-bond donors (Lipinski definition) is 0. The monoisotopic (exact) mass is 363 g/mol. The summed E-state index contributed by atoms with van der Waals surface area (Å²) in [5, 5.41) is 1.59. The van der Waals surface area contributed by atoms with Crippen molar-refractivity contribution in [3.05, 3.63) is 77.2 Å². The van der Waals surface area contributed by atoms with Crippen LogP contribution < -0.4 is 4.74 Å². The Morgan fingerprint density at radius 3 is 2.62 bits per heavy atom. The Bertz CT molecular complexity index is 1070. The predicted molar refractivity (Wildman–Crippen MR) is 105 cm³/mol. The summed E-state index contributed by atoms with van der Waals surface area (Å²) in [7, 11) is 3.60. The van der Waals surface area contributed by atoms with Crippen molar-refractivity contribution in [2.24, 2.45) is 7.05 Å². The van der Waals surface area contributed by atoms with Gasteiger partial charge in [0.2, 0.25) is 5.88 Å². The van der Waals surface area contributed by atoms with Crippen LogP contribution in [0.25, 0.3) is 22.2 Å². The van der Waals surface area contributed by atoms with Crippen LogP contribution in [0, 0.1) is 0 Å². The quantitative estimate of drug-likeness (QED) is 0.518. The molecule has 0 atom stereocenters. The Morgan fingerprint density at radius 1 is 1.12 bits per heavy atom. The Balaban J connectivity index is 1.88. The average Bonchev–Trinajstić information content (AvgIpc) is 3.10. The van der Waals surface area contributed by atoms with E-state index in [0.717, 1.165) is 33.3 Å². The summed E-state index contributed by atoms with van der Waals surface area (Å²) in [5.41, 5.74) is 4.96. The normalized spacial score (nSPS) is 11.0. The zero-order valence-corrected chi connectivity index (χ0v) is 15.4. The van der Waals surface area contributed by atoms with Gasteiger partial charge in [-0.2, -0.15) is 0 Å². The van der Waals surface area contributed by atoms with Crippen LogP contribution in [0.4, 0.5) is 0 Å². The van der Waals surface area contributed by atoms with E-state index < -0.39 is 0 Å². The molecule has 0 unspecified atom stereocenters. The van der Waals surface area contributed by atoms with Crippen molar-refractivity contribution < 1.29 is 4.74 Å². The highest BCUT2D eigenvalue weighted by molar-refractivity contribution is 6.36. The SMILES string of the molecule is COc1nc2ccc(-c3cncn3C)cc2c(Cl)c1Cc1ccccc1. The van der Waals surface area contributed by atoms with Crippen molar-refractivity contribution >= 4 is 22.5 Å². The van der Waals surface area contributed by atoms with E-state index in [4.69, 9.17) is 16.3 Å². The molecule has 2 aromatic carbocycles. The first-order valence-corrected chi connectivity index (χ1v) is 8.72. The van der Waals surface area contributed by atoms with E-state index in [-0.39, 0.29) is 0 Å². The summed E-state index contributed by atoms with van der Waals surface area (Å²) < 4.78 is 7.50. The number of aromatic nitrogens is 3. The van der Waals surface area contributed by atoms with Gasteiger partial charge >= 0.3 is 0 Å². The van der Waals surface area contributed by atoms with Gasteiger partial charge in [-0.3, -0.25) is 0 Å². The van der Waals surface area contributed by atoms with E-state index in [2.05, 4.69) is 28.2 Å². The fourth-order valence-corrected chi connectivity index (χ4v) is 3.46. The number of methoxy groups -OCH3 is 1. The van der Waals surface area contributed by atoms with Gasteiger partial charge in [-0.25, -0.2) is 9.97 Å². The number of rotatable bonds is 4. The van der Waals surface area contributed by atoms with E-state index >= 15 is 0 Å². The zero-order valence-electron chi connectivity index (χ0n) is 14.6. The van der Waals surface area contributed by atoms with Gasteiger partial charge in [0.05, 0.1) is 35.9 Å². The molecule has 0 radical (unpaired) electrons. The third-order valence-corrected chi connectivity index (χ3v) is 4.94. The maximum absolute atomic E-state index is 6.81. The fourth-order valence-electron chi connectivity index (χ4n) is 3.16. The van der Waals surface area contributed by atoms with Crippen LogP contribution in [0.5, 0.6) is 5.88 Å². The number of aryl methyl sites for hydroxylation is 1. The van der Waals surface area contributed by atoms with Gasteiger partial charge in [-0.05, 0) is 17.7 Å². The first kappa shape index (κ1) is 16.6. The van der Waals surface area contributed by atoms with Crippen LogP contribution in [0.15, 0.2) is 61.1 Å². The number of fused-ring (bicyclic) bond motifs is 1. The lowest BCUT2D eigenvalue weighted by molar-refractivity contribution is 0.395. The van der Waals surface area contributed by atoms with Gasteiger partial charge in [0.25, 0.3) is 0 Å². The summed E-state index contributed by atoms with van der Waals surface area (Å²) in [6, 6.07) is 16.3. The third-order valence-electron chi connectivity index (χ3n) is 4.51. The lowest BCUT2D eigenvalue weighted by atomic mass is 10.0. The Kier molecular flexibility index (Phi) is 4.35. The molecule has 0 aliphatic rings. The molecule has 0 saturated heterocycles. The Hall–Kier alpha value is -2.85. The van der Waals surface area contributed by atoms with Gasteiger partial charge in [0.1, 0.15) is 0 Å². The van der Waals surface area contributed by atoms with Crippen molar-refractivity contribution in [2.45, 2.75) is 6.42 Å². The number of halogens is 1. The molecule has 0 aliphatic carbocycles. The molecule has 2 heterocycles. The molecule has 0 spiro atoms. The molecular formula is C21H18ClN3O. The van der Waals surface area contributed by atoms with Crippen molar-refractivity contribution in [3.8, 4) is 17.1 Å². The van der Waals surface area contributed by atoms with Crippen LogP contribution in [-0.4, -0.2) is 21.6 Å². The largest absolute Gasteiger partial charge is 0.481 e. The highest BCUT2D eigenvalue weighted by atomic mass is 35.5. The van der Waals surface area contributed by atoms with E-state index in [9.17, 15) is 0 Å². The Labute approximate surface area is 157 Å². The molecule has 0 saturated carbocycles. The van der Waals surface area contributed by atoms with Crippen LogP contribution in [-0.2, 0) is 13.5 Å². The maximum Gasteiger partial charge on any atom is 0.218 e. The summed E-state index contributed by atoms with van der Waals surface area (Å²) >= 11 is 6.81. The predicted octanol–water partition coefficient (Wildman–Crippen LogP) is 4.89. The fraction of sp³-hybridized carbons (Fsp3) is 0.143. The van der Waals surface area contributed by atoms with E-state index in [1.165, 1.54) is 0 Å².